The molecule has 1 aliphatic rings. The molecule has 1 aliphatic heterocycles. The fourth-order valence-corrected chi connectivity index (χ4v) is 3.56. The van der Waals surface area contributed by atoms with Crippen LogP contribution in [0, 0.1) is 13.8 Å². The highest BCUT2D eigenvalue weighted by Crippen LogP contribution is 2.31. The summed E-state index contributed by atoms with van der Waals surface area (Å²) in [5.74, 6) is 0.551. The van der Waals surface area contributed by atoms with Crippen LogP contribution in [0.2, 0.25) is 0 Å². The van der Waals surface area contributed by atoms with Crippen LogP contribution in [-0.2, 0) is 0 Å². The molecule has 2 amide bonds. The molecule has 7 nitrogen and oxygen atoms in total. The zero-order chi connectivity index (χ0) is 24.2. The maximum atomic E-state index is 12.4. The predicted molar refractivity (Wildman–Crippen MR) is 127 cm³/mol. The summed E-state index contributed by atoms with van der Waals surface area (Å²) < 4.78 is 30.7. The highest BCUT2D eigenvalue weighted by molar-refractivity contribution is 7.81. The van der Waals surface area contributed by atoms with Crippen molar-refractivity contribution >= 4 is 41.3 Å². The second-order valence-corrected chi connectivity index (χ2v) is 8.11. The van der Waals surface area contributed by atoms with Crippen molar-refractivity contribution in [1.82, 2.24) is 19.9 Å². The molecule has 0 atom stereocenters. The number of halogens is 3. The average molecular weight is 479 g/mol. The van der Waals surface area contributed by atoms with Gasteiger partial charge in [0.1, 0.15) is 0 Å². The highest BCUT2D eigenvalue weighted by atomic mass is 32.1. The number of fused-ring (bicyclic) bond motifs is 1. The molecule has 2 N–H and O–H groups in total. The second-order valence-electron chi connectivity index (χ2n) is 7.60. The lowest BCUT2D eigenvalue weighted by atomic mass is 9.98. The molecule has 2 aromatic heterocycles. The molecule has 11 heteroatoms. The molecular formula is C22H25F3N6OS. The predicted octanol–water partition coefficient (Wildman–Crippen LogP) is 5.41. The first-order valence-electron chi connectivity index (χ1n) is 10.3. The lowest BCUT2D eigenvalue weighted by molar-refractivity contribution is -0.0303. The number of carbonyl (C=O) groups is 1. The Morgan fingerprint density at radius 3 is 2.39 bits per heavy atom. The van der Waals surface area contributed by atoms with Crippen LogP contribution in [0.5, 0.6) is 0 Å². The van der Waals surface area contributed by atoms with E-state index in [4.69, 9.17) is 0 Å². The smallest absolute Gasteiger partial charge is 0.357 e. The van der Waals surface area contributed by atoms with E-state index in [1.807, 2.05) is 30.0 Å². The number of nitrogens with one attached hydrogen (secondary N) is 2. The lowest BCUT2D eigenvalue weighted by Gasteiger charge is -2.17. The second kappa shape index (κ2) is 10.2. The fraction of sp³-hybridized carbons (Fsp3) is 0.364. The van der Waals surface area contributed by atoms with E-state index >= 15 is 0 Å². The first-order valence-corrected chi connectivity index (χ1v) is 10.8. The number of pyridine rings is 1. The number of likely N-dealkylation sites (tertiary alicyclic amines) is 1. The average Bonchev–Trinajstić information content (AvgIpc) is 3.28. The van der Waals surface area contributed by atoms with Gasteiger partial charge in [0, 0.05) is 48.7 Å². The minimum atomic E-state index is -4.31. The molecule has 3 aromatic rings. The van der Waals surface area contributed by atoms with Crippen LogP contribution in [0.1, 0.15) is 24.1 Å². The molecule has 0 radical (unpaired) electrons. The van der Waals surface area contributed by atoms with Gasteiger partial charge in [-0.15, -0.1) is 0 Å². The molecule has 4 rings (SSSR count). The number of anilines is 2. The first kappa shape index (κ1) is 24.6. The molecule has 0 aliphatic carbocycles. The summed E-state index contributed by atoms with van der Waals surface area (Å²) in [5, 5.41) is 6.84. The summed E-state index contributed by atoms with van der Waals surface area (Å²) in [6.07, 6.45) is 3.93. The van der Waals surface area contributed by atoms with Gasteiger partial charge in [-0.05, 0) is 56.0 Å². The number of hydrogen-bond donors (Lipinski definition) is 3. The minimum absolute atomic E-state index is 0.0337. The van der Waals surface area contributed by atoms with Crippen molar-refractivity contribution in [2.75, 3.05) is 30.8 Å². The van der Waals surface area contributed by atoms with Crippen LogP contribution in [-0.4, -0.2) is 51.5 Å². The minimum Gasteiger partial charge on any atom is -0.357 e. The Hall–Kier alpha value is -3.08. The lowest BCUT2D eigenvalue weighted by Crippen LogP contribution is -2.32. The summed E-state index contributed by atoms with van der Waals surface area (Å²) in [5.41, 5.74) is 1.22. The van der Waals surface area contributed by atoms with Crippen LogP contribution in [0.4, 0.5) is 29.6 Å². The fourth-order valence-electron chi connectivity index (χ4n) is 3.56. The third-order valence-electron chi connectivity index (χ3n) is 5.16. The Bertz CT molecular complexity index is 1140. The van der Waals surface area contributed by atoms with Gasteiger partial charge in [0.05, 0.1) is 0 Å². The molecular weight excluding hydrogens is 453 g/mol. The first-order chi connectivity index (χ1) is 15.5. The summed E-state index contributed by atoms with van der Waals surface area (Å²) in [7, 11) is 1.79. The van der Waals surface area contributed by atoms with Crippen LogP contribution in [0.15, 0.2) is 30.5 Å². The molecule has 176 valence electrons. The van der Waals surface area contributed by atoms with Crippen molar-refractivity contribution in [3.63, 3.8) is 0 Å². The van der Waals surface area contributed by atoms with Crippen LogP contribution in [0.25, 0.3) is 22.2 Å². The largest absolute Gasteiger partial charge is 0.438 e. The summed E-state index contributed by atoms with van der Waals surface area (Å²) in [4.78, 5) is 27.7. The molecule has 0 unspecified atom stereocenters. The number of benzene rings is 1. The number of thiol groups is 1. The number of aryl methyl sites for hydroxylation is 2. The van der Waals surface area contributed by atoms with Crippen molar-refractivity contribution in [3.8, 4) is 11.1 Å². The number of nitrogens with zero attached hydrogens (tertiary/aromatic N) is 4. The van der Waals surface area contributed by atoms with Gasteiger partial charge in [-0.25, -0.2) is 14.8 Å². The van der Waals surface area contributed by atoms with Crippen molar-refractivity contribution in [2.24, 2.45) is 0 Å². The van der Waals surface area contributed by atoms with Crippen molar-refractivity contribution in [3.05, 3.63) is 41.7 Å². The van der Waals surface area contributed by atoms with Crippen LogP contribution < -0.4 is 10.6 Å². The van der Waals surface area contributed by atoms with Crippen molar-refractivity contribution in [1.29, 1.82) is 0 Å². The Morgan fingerprint density at radius 1 is 1.09 bits per heavy atom. The highest BCUT2D eigenvalue weighted by Gasteiger charge is 2.19. The molecule has 0 saturated carbocycles. The third kappa shape index (κ3) is 6.70. The van der Waals surface area contributed by atoms with Gasteiger partial charge >= 0.3 is 11.5 Å². The molecule has 0 bridgehead atoms. The zero-order valence-corrected chi connectivity index (χ0v) is 19.4. The topological polar surface area (TPSA) is 83.0 Å². The van der Waals surface area contributed by atoms with E-state index in [0.29, 0.717) is 11.6 Å². The van der Waals surface area contributed by atoms with Crippen LogP contribution >= 0.6 is 12.6 Å². The standard InChI is InChI=1S/C21H24N6O.CHF3S/c1-13-6-7-16(25-21(28)27-8-4-5-9-27)11-17(13)18-10-15-12-23-20(22-3)26-19(15)24-14(18)2;2-1(3,4)5/h6-7,10-12H,4-5,8-9H2,1-3H3,(H,25,28)(H,22,23,24,26);5H. The van der Waals surface area contributed by atoms with E-state index in [2.05, 4.69) is 51.2 Å². The normalized spacial score (nSPS) is 13.5. The van der Waals surface area contributed by atoms with E-state index in [0.717, 1.165) is 59.4 Å². The Labute approximate surface area is 195 Å². The van der Waals surface area contributed by atoms with Gasteiger partial charge < -0.3 is 15.5 Å². The Kier molecular flexibility index (Phi) is 7.62. The Balaban J connectivity index is 0.000000555. The quantitative estimate of drug-likeness (QED) is 0.438. The number of aromatic nitrogens is 3. The molecule has 0 spiro atoms. The number of amides is 2. The van der Waals surface area contributed by atoms with Gasteiger partial charge in [0.2, 0.25) is 5.95 Å². The molecule has 33 heavy (non-hydrogen) atoms. The van der Waals surface area contributed by atoms with Gasteiger partial charge in [0.25, 0.3) is 0 Å². The monoisotopic (exact) mass is 478 g/mol. The number of alkyl halides is 3. The number of carbonyl (C=O) groups excluding carboxylic acids is 1. The van der Waals surface area contributed by atoms with E-state index in [9.17, 15) is 18.0 Å². The van der Waals surface area contributed by atoms with E-state index in [1.54, 1.807) is 13.2 Å². The van der Waals surface area contributed by atoms with Gasteiger partial charge in [-0.3, -0.25) is 0 Å². The molecule has 3 heterocycles. The van der Waals surface area contributed by atoms with Gasteiger partial charge in [-0.2, -0.15) is 18.2 Å². The van der Waals surface area contributed by atoms with E-state index in [-0.39, 0.29) is 6.03 Å². The molecule has 1 fully saturated rings. The van der Waals surface area contributed by atoms with E-state index < -0.39 is 5.51 Å². The van der Waals surface area contributed by atoms with Crippen molar-refractivity contribution in [2.45, 2.75) is 32.2 Å². The van der Waals surface area contributed by atoms with Crippen molar-refractivity contribution < 1.29 is 18.0 Å². The summed E-state index contributed by atoms with van der Waals surface area (Å²) >= 11 is 2.12. The number of rotatable bonds is 3. The van der Waals surface area contributed by atoms with Gasteiger partial charge in [-0.1, -0.05) is 18.7 Å². The number of urea groups is 1. The zero-order valence-electron chi connectivity index (χ0n) is 18.5. The summed E-state index contributed by atoms with van der Waals surface area (Å²) in [6, 6.07) is 8.01. The maximum absolute atomic E-state index is 12.4. The van der Waals surface area contributed by atoms with Crippen LogP contribution in [0.3, 0.4) is 0 Å². The Morgan fingerprint density at radius 2 is 1.76 bits per heavy atom. The molecule has 1 saturated heterocycles. The molecule has 1 aromatic carbocycles. The van der Waals surface area contributed by atoms with Gasteiger partial charge in [0.15, 0.2) is 5.65 Å². The number of hydrogen-bond acceptors (Lipinski definition) is 6. The third-order valence-corrected chi connectivity index (χ3v) is 5.16. The maximum Gasteiger partial charge on any atom is 0.438 e. The van der Waals surface area contributed by atoms with E-state index in [1.165, 1.54) is 0 Å². The SMILES string of the molecule is CNc1ncc2cc(-c3cc(NC(=O)N4CCCC4)ccc3C)c(C)nc2n1.FC(F)(F)S. The summed E-state index contributed by atoms with van der Waals surface area (Å²) in [6.45, 7) is 5.69.